The third-order valence-corrected chi connectivity index (χ3v) is 4.39. The first-order chi connectivity index (χ1) is 13.2. The van der Waals surface area contributed by atoms with Crippen LogP contribution in [0, 0.1) is 0 Å². The lowest BCUT2D eigenvalue weighted by atomic mass is 10.1. The molecule has 5 heteroatoms. The third-order valence-electron chi connectivity index (χ3n) is 4.16. The summed E-state index contributed by atoms with van der Waals surface area (Å²) < 4.78 is 11.3. The van der Waals surface area contributed by atoms with Crippen LogP contribution >= 0.6 is 11.6 Å². The molecule has 0 saturated carbocycles. The smallest absolute Gasteiger partial charge is 0.137 e. The lowest BCUT2D eigenvalue weighted by Gasteiger charge is -2.07. The van der Waals surface area contributed by atoms with Gasteiger partial charge in [0.2, 0.25) is 0 Å². The number of para-hydroxylation sites is 1. The van der Waals surface area contributed by atoms with E-state index < -0.39 is 0 Å². The topological polar surface area (TPSA) is 46.8 Å². The number of hydrogen-bond donors (Lipinski definition) is 1. The van der Waals surface area contributed by atoms with Gasteiger partial charge in [-0.15, -0.1) is 0 Å². The minimum absolute atomic E-state index is 0.631. The van der Waals surface area contributed by atoms with Gasteiger partial charge in [0, 0.05) is 22.0 Å². The summed E-state index contributed by atoms with van der Waals surface area (Å²) in [5.74, 6) is 1.50. The van der Waals surface area contributed by atoms with Crippen LogP contribution in [0.15, 0.2) is 88.4 Å². The normalized spacial score (nSPS) is 11.6. The van der Waals surface area contributed by atoms with Crippen LogP contribution in [0.3, 0.4) is 0 Å². The van der Waals surface area contributed by atoms with Gasteiger partial charge < -0.3 is 9.15 Å². The van der Waals surface area contributed by atoms with Gasteiger partial charge in [-0.3, -0.25) is 5.43 Å². The highest BCUT2D eigenvalue weighted by atomic mass is 35.5. The van der Waals surface area contributed by atoms with E-state index in [2.05, 4.69) is 10.5 Å². The number of nitrogens with zero attached hydrogens (tertiary/aromatic N) is 1. The van der Waals surface area contributed by atoms with Crippen LogP contribution in [0.25, 0.3) is 22.3 Å². The Morgan fingerprint density at radius 1 is 0.926 bits per heavy atom. The molecule has 4 rings (SSSR count). The van der Waals surface area contributed by atoms with Crippen molar-refractivity contribution in [1.29, 1.82) is 0 Å². The van der Waals surface area contributed by atoms with Crippen molar-refractivity contribution in [1.82, 2.24) is 0 Å². The second kappa shape index (κ2) is 7.56. The molecule has 0 saturated heterocycles. The SMILES string of the molecule is COc1ccc(-c2c/c(=N\Nc3ccccc3)c3cc(Cl)ccc3o2)cc1. The second-order valence-electron chi connectivity index (χ2n) is 5.95. The summed E-state index contributed by atoms with van der Waals surface area (Å²) in [6.45, 7) is 0. The first-order valence-electron chi connectivity index (χ1n) is 8.45. The molecule has 1 aromatic heterocycles. The zero-order valence-corrected chi connectivity index (χ0v) is 15.4. The first-order valence-corrected chi connectivity index (χ1v) is 8.83. The molecule has 3 aromatic carbocycles. The van der Waals surface area contributed by atoms with Gasteiger partial charge >= 0.3 is 0 Å². The van der Waals surface area contributed by atoms with Crippen molar-refractivity contribution in [2.24, 2.45) is 5.10 Å². The van der Waals surface area contributed by atoms with Gasteiger partial charge in [0.1, 0.15) is 17.1 Å². The van der Waals surface area contributed by atoms with Gasteiger partial charge in [-0.2, -0.15) is 5.10 Å². The molecule has 0 spiro atoms. The number of fused-ring (bicyclic) bond motifs is 1. The lowest BCUT2D eigenvalue weighted by molar-refractivity contribution is 0.415. The van der Waals surface area contributed by atoms with E-state index >= 15 is 0 Å². The van der Waals surface area contributed by atoms with Gasteiger partial charge in [-0.05, 0) is 54.6 Å². The molecular weight excluding hydrogens is 360 g/mol. The third kappa shape index (κ3) is 3.81. The molecule has 0 amide bonds. The van der Waals surface area contributed by atoms with Crippen molar-refractivity contribution < 1.29 is 9.15 Å². The van der Waals surface area contributed by atoms with Gasteiger partial charge in [0.25, 0.3) is 0 Å². The number of hydrogen-bond acceptors (Lipinski definition) is 4. The molecule has 0 aliphatic rings. The number of nitrogens with one attached hydrogen (secondary N) is 1. The molecule has 0 atom stereocenters. The van der Waals surface area contributed by atoms with Crippen LogP contribution in [0.5, 0.6) is 5.75 Å². The lowest BCUT2D eigenvalue weighted by Crippen LogP contribution is -2.07. The molecule has 4 aromatic rings. The molecule has 0 bridgehead atoms. The number of rotatable bonds is 4. The van der Waals surface area contributed by atoms with Crippen LogP contribution in [-0.4, -0.2) is 7.11 Å². The van der Waals surface area contributed by atoms with E-state index in [1.54, 1.807) is 13.2 Å². The van der Waals surface area contributed by atoms with E-state index in [1.807, 2.05) is 72.8 Å². The summed E-state index contributed by atoms with van der Waals surface area (Å²) in [5, 5.41) is 6.78. The van der Waals surface area contributed by atoms with Gasteiger partial charge in [-0.1, -0.05) is 29.8 Å². The monoisotopic (exact) mass is 376 g/mol. The minimum Gasteiger partial charge on any atom is -0.497 e. The molecule has 0 fully saturated rings. The highest BCUT2D eigenvalue weighted by molar-refractivity contribution is 6.31. The summed E-state index contributed by atoms with van der Waals surface area (Å²) >= 11 is 6.18. The average Bonchev–Trinajstić information content (AvgIpc) is 2.73. The Morgan fingerprint density at radius 2 is 1.70 bits per heavy atom. The van der Waals surface area contributed by atoms with Crippen LogP contribution in [0.1, 0.15) is 0 Å². The van der Waals surface area contributed by atoms with Crippen LogP contribution in [-0.2, 0) is 0 Å². The predicted octanol–water partition coefficient (Wildman–Crippen LogP) is 5.69. The zero-order valence-electron chi connectivity index (χ0n) is 14.6. The van der Waals surface area contributed by atoms with E-state index in [0.29, 0.717) is 16.4 Å². The Morgan fingerprint density at radius 3 is 2.44 bits per heavy atom. The molecule has 0 radical (unpaired) electrons. The fourth-order valence-corrected chi connectivity index (χ4v) is 2.94. The molecule has 0 unspecified atom stereocenters. The maximum absolute atomic E-state index is 6.18. The van der Waals surface area contributed by atoms with E-state index in [0.717, 1.165) is 27.7 Å². The summed E-state index contributed by atoms with van der Waals surface area (Å²) in [5.41, 5.74) is 5.64. The first kappa shape index (κ1) is 17.2. The molecular formula is C22H17ClN2O2. The summed E-state index contributed by atoms with van der Waals surface area (Å²) in [7, 11) is 1.64. The summed E-state index contributed by atoms with van der Waals surface area (Å²) in [6, 6.07) is 24.9. The zero-order chi connectivity index (χ0) is 18.6. The highest BCUT2D eigenvalue weighted by Gasteiger charge is 2.07. The van der Waals surface area contributed by atoms with Gasteiger partial charge in [0.05, 0.1) is 18.2 Å². The standard InChI is InChI=1S/C22H17ClN2O2/c1-26-18-10-7-15(8-11-18)22-14-20(25-24-17-5-3-2-4-6-17)19-13-16(23)9-12-21(19)27-22/h2-14,24H,1H3/b25-20+. The Hall–Kier alpha value is -3.24. The van der Waals surface area contributed by atoms with E-state index in [4.69, 9.17) is 20.8 Å². The van der Waals surface area contributed by atoms with Gasteiger partial charge in [0.15, 0.2) is 0 Å². The van der Waals surface area contributed by atoms with Crippen LogP contribution in [0.2, 0.25) is 5.02 Å². The Bertz CT molecular complexity index is 1140. The maximum Gasteiger partial charge on any atom is 0.137 e. The van der Waals surface area contributed by atoms with E-state index in [1.165, 1.54) is 0 Å². The molecule has 1 N–H and O–H groups in total. The fraction of sp³-hybridized carbons (Fsp3) is 0.0455. The number of benzene rings is 3. The number of ether oxygens (including phenoxy) is 1. The molecule has 1 heterocycles. The van der Waals surface area contributed by atoms with Crippen molar-refractivity contribution in [3.8, 4) is 17.1 Å². The average molecular weight is 377 g/mol. The van der Waals surface area contributed by atoms with E-state index in [9.17, 15) is 0 Å². The quantitative estimate of drug-likeness (QED) is 0.465. The largest absolute Gasteiger partial charge is 0.497 e. The minimum atomic E-state index is 0.631. The van der Waals surface area contributed by atoms with E-state index in [-0.39, 0.29) is 0 Å². The second-order valence-corrected chi connectivity index (χ2v) is 6.39. The Kier molecular flexibility index (Phi) is 4.81. The summed E-state index contributed by atoms with van der Waals surface area (Å²) in [4.78, 5) is 0. The van der Waals surface area contributed by atoms with Crippen LogP contribution in [0.4, 0.5) is 5.69 Å². The molecule has 27 heavy (non-hydrogen) atoms. The Balaban J connectivity index is 1.85. The van der Waals surface area contributed by atoms with Crippen molar-refractivity contribution in [3.63, 3.8) is 0 Å². The van der Waals surface area contributed by atoms with Crippen molar-refractivity contribution in [2.45, 2.75) is 0 Å². The van der Waals surface area contributed by atoms with Crippen molar-refractivity contribution in [3.05, 3.63) is 89.2 Å². The number of anilines is 1. The molecule has 0 aliphatic heterocycles. The molecule has 0 aliphatic carbocycles. The van der Waals surface area contributed by atoms with Crippen molar-refractivity contribution >= 4 is 28.3 Å². The fourth-order valence-electron chi connectivity index (χ4n) is 2.77. The number of methoxy groups -OCH3 is 1. The van der Waals surface area contributed by atoms with Crippen LogP contribution < -0.4 is 15.5 Å². The van der Waals surface area contributed by atoms with Gasteiger partial charge in [-0.25, -0.2) is 0 Å². The highest BCUT2D eigenvalue weighted by Crippen LogP contribution is 2.25. The summed E-state index contributed by atoms with van der Waals surface area (Å²) in [6.07, 6.45) is 0. The number of halogens is 1. The molecule has 134 valence electrons. The maximum atomic E-state index is 6.18. The predicted molar refractivity (Wildman–Crippen MR) is 109 cm³/mol. The molecule has 4 nitrogen and oxygen atoms in total. The van der Waals surface area contributed by atoms with Crippen molar-refractivity contribution in [2.75, 3.05) is 12.5 Å². The Labute approximate surface area is 161 Å².